The van der Waals surface area contributed by atoms with Gasteiger partial charge in [-0.2, -0.15) is 0 Å². The number of benzene rings is 2. The van der Waals surface area contributed by atoms with Crippen molar-refractivity contribution in [2.24, 2.45) is 4.99 Å². The van der Waals surface area contributed by atoms with Crippen molar-refractivity contribution in [1.29, 1.82) is 0 Å². The Hall–Kier alpha value is -3.35. The summed E-state index contributed by atoms with van der Waals surface area (Å²) in [5, 5.41) is 18.1. The average molecular weight is 357 g/mol. The fourth-order valence-electron chi connectivity index (χ4n) is 2.22. The summed E-state index contributed by atoms with van der Waals surface area (Å²) in [6.07, 6.45) is 0.463. The highest BCUT2D eigenvalue weighted by molar-refractivity contribution is 5.90. The number of aliphatic carboxylic acids is 1. The molecule has 1 atom stereocenters. The van der Waals surface area contributed by atoms with Gasteiger partial charge < -0.3 is 19.7 Å². The van der Waals surface area contributed by atoms with Crippen molar-refractivity contribution in [3.05, 3.63) is 53.1 Å². The maximum Gasteiger partial charge on any atom is 0.344 e. The lowest BCUT2D eigenvalue weighted by Crippen LogP contribution is -2.23. The monoisotopic (exact) mass is 357 g/mol. The summed E-state index contributed by atoms with van der Waals surface area (Å²) in [6, 6.07) is 9.72. The van der Waals surface area contributed by atoms with Crippen LogP contribution in [0.1, 0.15) is 28.4 Å². The third-order valence-corrected chi connectivity index (χ3v) is 3.66. The molecule has 2 N–H and O–H groups in total. The van der Waals surface area contributed by atoms with Crippen molar-refractivity contribution in [1.82, 2.24) is 0 Å². The SMILES string of the molecule is COc1cccc(C=Nc2ccc(C(=O)O)cc2C)c1O[C@@H](C)C(=O)O. The van der Waals surface area contributed by atoms with Gasteiger partial charge in [0.05, 0.1) is 18.4 Å². The van der Waals surface area contributed by atoms with Crippen LogP contribution in [0.5, 0.6) is 11.5 Å². The Morgan fingerprint density at radius 3 is 2.50 bits per heavy atom. The van der Waals surface area contributed by atoms with Gasteiger partial charge in [-0.15, -0.1) is 0 Å². The van der Waals surface area contributed by atoms with Gasteiger partial charge in [-0.05, 0) is 49.7 Å². The molecular formula is C19H19NO6. The van der Waals surface area contributed by atoms with E-state index in [-0.39, 0.29) is 11.3 Å². The normalized spacial score (nSPS) is 12.0. The Morgan fingerprint density at radius 2 is 1.92 bits per heavy atom. The molecule has 0 unspecified atom stereocenters. The van der Waals surface area contributed by atoms with E-state index in [0.717, 1.165) is 0 Å². The number of carboxylic acids is 2. The maximum absolute atomic E-state index is 11.1. The van der Waals surface area contributed by atoms with Crippen LogP contribution in [0.2, 0.25) is 0 Å². The van der Waals surface area contributed by atoms with Crippen LogP contribution in [-0.2, 0) is 4.79 Å². The third kappa shape index (κ3) is 4.38. The number of aryl methyl sites for hydroxylation is 1. The fraction of sp³-hybridized carbons (Fsp3) is 0.211. The lowest BCUT2D eigenvalue weighted by atomic mass is 10.1. The first-order valence-electron chi connectivity index (χ1n) is 7.78. The van der Waals surface area contributed by atoms with Gasteiger partial charge in [-0.1, -0.05) is 6.07 Å². The molecule has 0 radical (unpaired) electrons. The Balaban J connectivity index is 2.38. The highest BCUT2D eigenvalue weighted by atomic mass is 16.5. The molecule has 2 aromatic rings. The predicted molar refractivity (Wildman–Crippen MR) is 96.1 cm³/mol. The summed E-state index contributed by atoms with van der Waals surface area (Å²) in [5.74, 6) is -1.44. The topological polar surface area (TPSA) is 105 Å². The second-order valence-electron chi connectivity index (χ2n) is 5.54. The van der Waals surface area contributed by atoms with Crippen LogP contribution in [0.4, 0.5) is 5.69 Å². The van der Waals surface area contributed by atoms with Gasteiger partial charge in [0.15, 0.2) is 17.6 Å². The zero-order valence-corrected chi connectivity index (χ0v) is 14.6. The second-order valence-corrected chi connectivity index (χ2v) is 5.54. The molecule has 2 rings (SSSR count). The molecule has 26 heavy (non-hydrogen) atoms. The van der Waals surface area contributed by atoms with Crippen LogP contribution in [0.3, 0.4) is 0 Å². The van der Waals surface area contributed by atoms with Crippen LogP contribution >= 0.6 is 0 Å². The summed E-state index contributed by atoms with van der Waals surface area (Å²) in [7, 11) is 1.46. The number of carbonyl (C=O) groups is 2. The first kappa shape index (κ1) is 19.0. The Morgan fingerprint density at radius 1 is 1.19 bits per heavy atom. The molecule has 0 aliphatic rings. The Kier molecular flexibility index (Phi) is 5.95. The van der Waals surface area contributed by atoms with E-state index in [1.807, 2.05) is 0 Å². The number of rotatable bonds is 7. The van der Waals surface area contributed by atoms with Crippen molar-refractivity contribution in [2.45, 2.75) is 20.0 Å². The van der Waals surface area contributed by atoms with Crippen molar-refractivity contribution in [3.8, 4) is 11.5 Å². The largest absolute Gasteiger partial charge is 0.493 e. The quantitative estimate of drug-likeness (QED) is 0.737. The zero-order chi connectivity index (χ0) is 19.3. The highest BCUT2D eigenvalue weighted by Gasteiger charge is 2.18. The van der Waals surface area contributed by atoms with Crippen molar-refractivity contribution in [2.75, 3.05) is 7.11 Å². The molecule has 0 fully saturated rings. The van der Waals surface area contributed by atoms with Gasteiger partial charge >= 0.3 is 11.9 Å². The first-order chi connectivity index (χ1) is 12.3. The number of para-hydroxylation sites is 1. The van der Waals surface area contributed by atoms with E-state index < -0.39 is 18.0 Å². The number of carboxylic acid groups (broad SMARTS) is 2. The predicted octanol–water partition coefficient (Wildman–Crippen LogP) is 3.30. The van der Waals surface area contributed by atoms with Gasteiger partial charge in [-0.25, -0.2) is 9.59 Å². The van der Waals surface area contributed by atoms with E-state index >= 15 is 0 Å². The number of hydrogen-bond donors (Lipinski definition) is 2. The minimum atomic E-state index is -1.10. The van der Waals surface area contributed by atoms with Gasteiger partial charge in [-0.3, -0.25) is 4.99 Å². The number of ether oxygens (including phenoxy) is 2. The van der Waals surface area contributed by atoms with Gasteiger partial charge in [0, 0.05) is 11.8 Å². The third-order valence-electron chi connectivity index (χ3n) is 3.66. The summed E-state index contributed by atoms with van der Waals surface area (Å²) < 4.78 is 10.7. The van der Waals surface area contributed by atoms with Crippen LogP contribution < -0.4 is 9.47 Å². The highest BCUT2D eigenvalue weighted by Crippen LogP contribution is 2.31. The standard InChI is InChI=1S/C19H19NO6/c1-11-9-13(19(23)24)7-8-15(11)20-10-14-5-4-6-16(25-3)17(14)26-12(2)18(21)22/h4-10,12H,1-3H3,(H,21,22)(H,23,24)/t12-/m0/s1. The summed E-state index contributed by atoms with van der Waals surface area (Å²) in [5.41, 5.74) is 2.02. The smallest absolute Gasteiger partial charge is 0.344 e. The van der Waals surface area contributed by atoms with E-state index in [1.54, 1.807) is 31.2 Å². The molecule has 0 aromatic heterocycles. The molecule has 0 heterocycles. The van der Waals surface area contributed by atoms with Crippen LogP contribution in [-0.4, -0.2) is 41.6 Å². The number of aliphatic imine (C=N–C) groups is 1. The van der Waals surface area contributed by atoms with Gasteiger partial charge in [0.25, 0.3) is 0 Å². The van der Waals surface area contributed by atoms with E-state index in [1.165, 1.54) is 32.4 Å². The summed E-state index contributed by atoms with van der Waals surface area (Å²) >= 11 is 0. The molecule has 2 aromatic carbocycles. The summed E-state index contributed by atoms with van der Waals surface area (Å²) in [6.45, 7) is 3.18. The average Bonchev–Trinajstić information content (AvgIpc) is 2.61. The molecule has 136 valence electrons. The van der Waals surface area contributed by atoms with E-state index in [2.05, 4.69) is 4.99 Å². The zero-order valence-electron chi connectivity index (χ0n) is 14.6. The molecular weight excluding hydrogens is 338 g/mol. The molecule has 7 nitrogen and oxygen atoms in total. The van der Waals surface area contributed by atoms with Gasteiger partial charge in [0.2, 0.25) is 0 Å². The first-order valence-corrected chi connectivity index (χ1v) is 7.78. The van der Waals surface area contributed by atoms with Crippen molar-refractivity contribution in [3.63, 3.8) is 0 Å². The minimum Gasteiger partial charge on any atom is -0.493 e. The summed E-state index contributed by atoms with van der Waals surface area (Å²) in [4.78, 5) is 26.4. The number of aromatic carboxylic acids is 1. The van der Waals surface area contributed by atoms with Crippen LogP contribution in [0.15, 0.2) is 41.4 Å². The lowest BCUT2D eigenvalue weighted by Gasteiger charge is -2.15. The fourth-order valence-corrected chi connectivity index (χ4v) is 2.22. The van der Waals surface area contributed by atoms with Gasteiger partial charge in [0.1, 0.15) is 0 Å². The molecule has 0 aliphatic heterocycles. The van der Waals surface area contributed by atoms with Crippen LogP contribution in [0, 0.1) is 6.92 Å². The van der Waals surface area contributed by atoms with E-state index in [9.17, 15) is 9.59 Å². The Labute approximate surface area is 150 Å². The molecule has 0 aliphatic carbocycles. The maximum atomic E-state index is 11.1. The van der Waals surface area contributed by atoms with E-state index in [4.69, 9.17) is 19.7 Å². The molecule has 0 amide bonds. The van der Waals surface area contributed by atoms with Crippen molar-refractivity contribution >= 4 is 23.8 Å². The second kappa shape index (κ2) is 8.15. The Bertz CT molecular complexity index is 859. The van der Waals surface area contributed by atoms with Crippen LogP contribution in [0.25, 0.3) is 0 Å². The lowest BCUT2D eigenvalue weighted by molar-refractivity contribution is -0.144. The molecule has 0 bridgehead atoms. The molecule has 7 heteroatoms. The number of nitrogens with zero attached hydrogens (tertiary/aromatic N) is 1. The molecule has 0 spiro atoms. The van der Waals surface area contributed by atoms with E-state index in [0.29, 0.717) is 22.6 Å². The number of hydrogen-bond acceptors (Lipinski definition) is 5. The molecule has 0 saturated heterocycles. The van der Waals surface area contributed by atoms with Crippen molar-refractivity contribution < 1.29 is 29.3 Å². The number of methoxy groups -OCH3 is 1. The minimum absolute atomic E-state index is 0.183. The molecule has 0 saturated carbocycles.